The molecule has 0 bridgehead atoms. The zero-order valence-corrected chi connectivity index (χ0v) is 11.0. The van der Waals surface area contributed by atoms with E-state index < -0.39 is 5.41 Å². The Morgan fingerprint density at radius 2 is 1.89 bits per heavy atom. The van der Waals surface area contributed by atoms with Crippen LogP contribution in [0.2, 0.25) is 0 Å². The maximum Gasteiger partial charge on any atom is 0.320 e. The second-order valence-electron chi connectivity index (χ2n) is 4.49. The van der Waals surface area contributed by atoms with Crippen molar-refractivity contribution in [3.05, 3.63) is 42.0 Å². The first-order chi connectivity index (χ1) is 9.12. The topological polar surface area (TPSA) is 52.6 Å². The highest BCUT2D eigenvalue weighted by Gasteiger charge is 2.41. The standard InChI is InChI=1S/C15H16O4/c1-18-13-5-3-11(4-6-13)15(14(17)19-2)9-7-12(16)8-10-15/h3-7,9H,8,10H2,1-2H3. The SMILES string of the molecule is COC(=O)C1(c2ccc(OC)cc2)C=CC(=O)CC1. The van der Waals surface area contributed by atoms with Gasteiger partial charge >= 0.3 is 5.97 Å². The first-order valence-corrected chi connectivity index (χ1v) is 6.07. The van der Waals surface area contributed by atoms with Gasteiger partial charge in [0.15, 0.2) is 5.78 Å². The molecule has 0 radical (unpaired) electrons. The quantitative estimate of drug-likeness (QED) is 0.780. The molecule has 1 unspecified atom stereocenters. The summed E-state index contributed by atoms with van der Waals surface area (Å²) in [5, 5.41) is 0. The van der Waals surface area contributed by atoms with Crippen molar-refractivity contribution in [2.75, 3.05) is 14.2 Å². The first-order valence-electron chi connectivity index (χ1n) is 6.07. The van der Waals surface area contributed by atoms with Crippen molar-refractivity contribution in [2.45, 2.75) is 18.3 Å². The molecule has 19 heavy (non-hydrogen) atoms. The van der Waals surface area contributed by atoms with E-state index in [1.807, 2.05) is 12.1 Å². The van der Waals surface area contributed by atoms with E-state index in [9.17, 15) is 9.59 Å². The molecule has 0 spiro atoms. The van der Waals surface area contributed by atoms with Gasteiger partial charge in [-0.3, -0.25) is 9.59 Å². The third kappa shape index (κ3) is 2.38. The minimum Gasteiger partial charge on any atom is -0.497 e. The molecule has 4 heteroatoms. The molecule has 1 atom stereocenters. The lowest BCUT2D eigenvalue weighted by Crippen LogP contribution is -2.37. The largest absolute Gasteiger partial charge is 0.497 e. The van der Waals surface area contributed by atoms with Crippen LogP contribution in [0.15, 0.2) is 36.4 Å². The summed E-state index contributed by atoms with van der Waals surface area (Å²) in [6, 6.07) is 7.25. The van der Waals surface area contributed by atoms with Gasteiger partial charge in [-0.2, -0.15) is 0 Å². The Hall–Kier alpha value is -2.10. The number of carbonyl (C=O) groups excluding carboxylic acids is 2. The Morgan fingerprint density at radius 3 is 2.37 bits per heavy atom. The van der Waals surface area contributed by atoms with Gasteiger partial charge in [0.05, 0.1) is 14.2 Å². The van der Waals surface area contributed by atoms with E-state index in [1.54, 1.807) is 25.3 Å². The maximum absolute atomic E-state index is 12.1. The van der Waals surface area contributed by atoms with Crippen molar-refractivity contribution in [3.8, 4) is 5.75 Å². The number of hydrogen-bond donors (Lipinski definition) is 0. The highest BCUT2D eigenvalue weighted by atomic mass is 16.5. The zero-order chi connectivity index (χ0) is 13.9. The van der Waals surface area contributed by atoms with Crippen LogP contribution >= 0.6 is 0 Å². The second kappa shape index (κ2) is 5.26. The number of esters is 1. The van der Waals surface area contributed by atoms with Gasteiger partial charge in [0, 0.05) is 6.42 Å². The molecule has 0 amide bonds. The molecule has 0 heterocycles. The lowest BCUT2D eigenvalue weighted by molar-refractivity contribution is -0.146. The van der Waals surface area contributed by atoms with Gasteiger partial charge in [0.25, 0.3) is 0 Å². The van der Waals surface area contributed by atoms with Crippen LogP contribution in [-0.2, 0) is 19.7 Å². The Balaban J connectivity index is 2.45. The fourth-order valence-corrected chi connectivity index (χ4v) is 2.32. The molecule has 1 aliphatic rings. The number of rotatable bonds is 3. The molecule has 0 saturated heterocycles. The molecule has 0 aliphatic heterocycles. The third-order valence-electron chi connectivity index (χ3n) is 3.47. The van der Waals surface area contributed by atoms with E-state index in [4.69, 9.17) is 9.47 Å². The molecule has 1 aliphatic carbocycles. The van der Waals surface area contributed by atoms with Crippen LogP contribution in [0.4, 0.5) is 0 Å². The van der Waals surface area contributed by atoms with Crippen molar-refractivity contribution in [1.29, 1.82) is 0 Å². The molecule has 2 rings (SSSR count). The van der Waals surface area contributed by atoms with E-state index in [0.29, 0.717) is 12.8 Å². The summed E-state index contributed by atoms with van der Waals surface area (Å²) in [6.07, 6.45) is 3.89. The summed E-state index contributed by atoms with van der Waals surface area (Å²) >= 11 is 0. The number of ketones is 1. The molecule has 0 aromatic heterocycles. The second-order valence-corrected chi connectivity index (χ2v) is 4.49. The fourth-order valence-electron chi connectivity index (χ4n) is 2.32. The predicted octanol–water partition coefficient (Wildman–Crippen LogP) is 2.03. The van der Waals surface area contributed by atoms with Crippen molar-refractivity contribution in [2.24, 2.45) is 0 Å². The number of allylic oxidation sites excluding steroid dienone is 1. The lowest BCUT2D eigenvalue weighted by atomic mass is 9.73. The number of carbonyl (C=O) groups is 2. The minimum absolute atomic E-state index is 0.0352. The first kappa shape index (κ1) is 13.3. The van der Waals surface area contributed by atoms with Gasteiger partial charge < -0.3 is 9.47 Å². The summed E-state index contributed by atoms with van der Waals surface area (Å²) in [4.78, 5) is 23.5. The molecular formula is C15H16O4. The molecule has 100 valence electrons. The highest BCUT2D eigenvalue weighted by molar-refractivity contribution is 5.96. The zero-order valence-electron chi connectivity index (χ0n) is 11.0. The molecule has 0 saturated carbocycles. The molecule has 1 aromatic rings. The van der Waals surface area contributed by atoms with Crippen LogP contribution in [0.3, 0.4) is 0 Å². The van der Waals surface area contributed by atoms with Gasteiger partial charge in [-0.1, -0.05) is 18.2 Å². The maximum atomic E-state index is 12.1. The smallest absolute Gasteiger partial charge is 0.320 e. The number of methoxy groups -OCH3 is 2. The van der Waals surface area contributed by atoms with Crippen LogP contribution in [-0.4, -0.2) is 26.0 Å². The summed E-state index contributed by atoms with van der Waals surface area (Å²) in [5.74, 6) is 0.411. The third-order valence-corrected chi connectivity index (χ3v) is 3.47. The molecule has 1 aromatic carbocycles. The Kier molecular flexibility index (Phi) is 3.69. The Morgan fingerprint density at radius 1 is 1.21 bits per heavy atom. The summed E-state index contributed by atoms with van der Waals surface area (Å²) in [6.45, 7) is 0. The van der Waals surface area contributed by atoms with Crippen molar-refractivity contribution < 1.29 is 19.1 Å². The molecule has 4 nitrogen and oxygen atoms in total. The average molecular weight is 260 g/mol. The van der Waals surface area contributed by atoms with E-state index in [1.165, 1.54) is 13.2 Å². The van der Waals surface area contributed by atoms with Crippen LogP contribution in [0.1, 0.15) is 18.4 Å². The monoisotopic (exact) mass is 260 g/mol. The Labute approximate surface area is 112 Å². The van der Waals surface area contributed by atoms with Crippen molar-refractivity contribution in [1.82, 2.24) is 0 Å². The fraction of sp³-hybridized carbons (Fsp3) is 0.333. The molecular weight excluding hydrogens is 244 g/mol. The van der Waals surface area contributed by atoms with Gasteiger partial charge in [-0.25, -0.2) is 0 Å². The average Bonchev–Trinajstić information content (AvgIpc) is 2.47. The summed E-state index contributed by atoms with van der Waals surface area (Å²) < 4.78 is 10.0. The normalized spacial score (nSPS) is 22.1. The molecule has 0 fully saturated rings. The van der Waals surface area contributed by atoms with Gasteiger partial charge in [0.2, 0.25) is 0 Å². The minimum atomic E-state index is -0.866. The van der Waals surface area contributed by atoms with E-state index in [2.05, 4.69) is 0 Å². The van der Waals surface area contributed by atoms with Crippen molar-refractivity contribution >= 4 is 11.8 Å². The van der Waals surface area contributed by atoms with Crippen LogP contribution < -0.4 is 4.74 Å². The van der Waals surface area contributed by atoms with Crippen LogP contribution in [0.5, 0.6) is 5.75 Å². The van der Waals surface area contributed by atoms with Gasteiger partial charge in [-0.05, 0) is 30.2 Å². The van der Waals surface area contributed by atoms with Crippen LogP contribution in [0.25, 0.3) is 0 Å². The predicted molar refractivity (Wildman–Crippen MR) is 70.1 cm³/mol. The number of hydrogen-bond acceptors (Lipinski definition) is 4. The Bertz CT molecular complexity index is 515. The van der Waals surface area contributed by atoms with Gasteiger partial charge in [0.1, 0.15) is 11.2 Å². The number of ether oxygens (including phenoxy) is 2. The number of benzene rings is 1. The van der Waals surface area contributed by atoms with Crippen LogP contribution in [0, 0.1) is 0 Å². The van der Waals surface area contributed by atoms with E-state index >= 15 is 0 Å². The summed E-state index contributed by atoms with van der Waals surface area (Å²) in [7, 11) is 2.95. The van der Waals surface area contributed by atoms with E-state index in [-0.39, 0.29) is 11.8 Å². The van der Waals surface area contributed by atoms with Gasteiger partial charge in [-0.15, -0.1) is 0 Å². The van der Waals surface area contributed by atoms with Crippen molar-refractivity contribution in [3.63, 3.8) is 0 Å². The summed E-state index contributed by atoms with van der Waals surface area (Å²) in [5.41, 5.74) is -0.0570. The highest BCUT2D eigenvalue weighted by Crippen LogP contribution is 2.36. The lowest BCUT2D eigenvalue weighted by Gasteiger charge is -2.30. The van der Waals surface area contributed by atoms with E-state index in [0.717, 1.165) is 11.3 Å². The molecule has 0 N–H and O–H groups in total.